The molecule has 6 nitrogen and oxygen atoms in total. The van der Waals surface area contributed by atoms with Crippen LogP contribution in [0.15, 0.2) is 0 Å². The summed E-state index contributed by atoms with van der Waals surface area (Å²) in [4.78, 5) is 27.9. The fourth-order valence-corrected chi connectivity index (χ4v) is 3.95. The van der Waals surface area contributed by atoms with E-state index in [0.717, 1.165) is 25.8 Å². The molecule has 2 rings (SSSR count). The molecular formula is C16H29N3O3. The number of carbonyl (C=O) groups excluding carboxylic acids is 2. The summed E-state index contributed by atoms with van der Waals surface area (Å²) in [5, 5.41) is 2.69. The summed E-state index contributed by atoms with van der Waals surface area (Å²) in [5.41, 5.74) is -0.454. The molecule has 22 heavy (non-hydrogen) atoms. The molecule has 2 fully saturated rings. The number of hydrogen-bond donors (Lipinski definition) is 1. The van der Waals surface area contributed by atoms with Crippen molar-refractivity contribution in [3.8, 4) is 0 Å². The minimum Gasteiger partial charge on any atom is -0.370 e. The molecule has 6 heteroatoms. The van der Waals surface area contributed by atoms with Crippen LogP contribution in [0.4, 0.5) is 0 Å². The Bertz CT molecular complexity index is 450. The molecule has 2 aliphatic rings. The van der Waals surface area contributed by atoms with Crippen LogP contribution in [-0.4, -0.2) is 73.1 Å². The van der Waals surface area contributed by atoms with Gasteiger partial charge in [-0.15, -0.1) is 0 Å². The van der Waals surface area contributed by atoms with Crippen molar-refractivity contribution in [2.24, 2.45) is 0 Å². The van der Waals surface area contributed by atoms with Crippen molar-refractivity contribution < 1.29 is 14.3 Å². The summed E-state index contributed by atoms with van der Waals surface area (Å²) in [7, 11) is 5.21. The molecular weight excluding hydrogens is 282 g/mol. The zero-order valence-electron chi connectivity index (χ0n) is 14.4. The lowest BCUT2D eigenvalue weighted by molar-refractivity contribution is -0.132. The van der Waals surface area contributed by atoms with Gasteiger partial charge in [0.2, 0.25) is 11.8 Å². The Hall–Kier alpha value is -1.14. The second-order valence-electron chi connectivity index (χ2n) is 7.34. The van der Waals surface area contributed by atoms with Crippen molar-refractivity contribution >= 4 is 11.8 Å². The lowest BCUT2D eigenvalue weighted by atomic mass is 9.82. The molecule has 0 unspecified atom stereocenters. The summed E-state index contributed by atoms with van der Waals surface area (Å²) >= 11 is 0. The molecule has 2 amide bonds. The van der Waals surface area contributed by atoms with Gasteiger partial charge in [-0.3, -0.25) is 14.5 Å². The maximum absolute atomic E-state index is 12.1. The third kappa shape index (κ3) is 3.27. The molecule has 0 aromatic heterocycles. The number of nitrogens with one attached hydrogen (secondary N) is 1. The van der Waals surface area contributed by atoms with Crippen LogP contribution >= 0.6 is 0 Å². The summed E-state index contributed by atoms with van der Waals surface area (Å²) in [5.74, 6) is 0.0949. The van der Waals surface area contributed by atoms with Gasteiger partial charge in [0.25, 0.3) is 0 Å². The van der Waals surface area contributed by atoms with Gasteiger partial charge in [0, 0.05) is 21.1 Å². The van der Waals surface area contributed by atoms with Crippen molar-refractivity contribution in [1.82, 2.24) is 15.1 Å². The van der Waals surface area contributed by atoms with Crippen molar-refractivity contribution in [2.75, 3.05) is 34.2 Å². The predicted molar refractivity (Wildman–Crippen MR) is 84.5 cm³/mol. The highest BCUT2D eigenvalue weighted by Crippen LogP contribution is 2.48. The van der Waals surface area contributed by atoms with E-state index >= 15 is 0 Å². The zero-order valence-corrected chi connectivity index (χ0v) is 14.4. The van der Waals surface area contributed by atoms with Crippen molar-refractivity contribution in [3.63, 3.8) is 0 Å². The van der Waals surface area contributed by atoms with Crippen molar-refractivity contribution in [1.29, 1.82) is 0 Å². The van der Waals surface area contributed by atoms with E-state index in [1.807, 2.05) is 0 Å². The van der Waals surface area contributed by atoms with Gasteiger partial charge in [0.15, 0.2) is 0 Å². The first-order valence-electron chi connectivity index (χ1n) is 8.04. The Morgan fingerprint density at radius 1 is 1.36 bits per heavy atom. The van der Waals surface area contributed by atoms with E-state index in [9.17, 15) is 9.59 Å². The molecule has 2 atom stereocenters. The molecule has 0 bridgehead atoms. The zero-order chi connectivity index (χ0) is 16.5. The second kappa shape index (κ2) is 6.16. The maximum atomic E-state index is 12.1. The topological polar surface area (TPSA) is 61.9 Å². The third-order valence-corrected chi connectivity index (χ3v) is 4.93. The summed E-state index contributed by atoms with van der Waals surface area (Å²) in [6.45, 7) is 5.44. The first-order valence-corrected chi connectivity index (χ1v) is 8.04. The monoisotopic (exact) mass is 311 g/mol. The Kier molecular flexibility index (Phi) is 4.82. The lowest BCUT2D eigenvalue weighted by Gasteiger charge is -2.38. The number of hydrogen-bond acceptors (Lipinski definition) is 4. The quantitative estimate of drug-likeness (QED) is 0.826. The van der Waals surface area contributed by atoms with Crippen LogP contribution in [-0.2, 0) is 14.3 Å². The largest absolute Gasteiger partial charge is 0.370 e. The average Bonchev–Trinajstić information content (AvgIpc) is 2.91. The predicted octanol–water partition coefficient (Wildman–Crippen LogP) is 0.613. The molecule has 1 spiro atoms. The highest BCUT2D eigenvalue weighted by molar-refractivity contribution is 5.78. The molecule has 2 saturated heterocycles. The van der Waals surface area contributed by atoms with Gasteiger partial charge in [-0.1, -0.05) is 0 Å². The van der Waals surface area contributed by atoms with Gasteiger partial charge >= 0.3 is 0 Å². The first-order chi connectivity index (χ1) is 10.2. The molecule has 2 aliphatic heterocycles. The van der Waals surface area contributed by atoms with Crippen LogP contribution < -0.4 is 5.32 Å². The van der Waals surface area contributed by atoms with E-state index in [0.29, 0.717) is 13.0 Å². The minimum absolute atomic E-state index is 0.00661. The number of likely N-dealkylation sites (N-methyl/N-ethyl adjacent to an activating group) is 1. The molecule has 126 valence electrons. The van der Waals surface area contributed by atoms with Gasteiger partial charge in [0.1, 0.15) is 0 Å². The summed E-state index contributed by atoms with van der Waals surface area (Å²) < 4.78 is 6.20. The molecule has 0 saturated carbocycles. The Labute approximate surface area is 133 Å². The van der Waals surface area contributed by atoms with Crippen LogP contribution in [0.2, 0.25) is 0 Å². The Morgan fingerprint density at radius 2 is 2.05 bits per heavy atom. The lowest BCUT2D eigenvalue weighted by Crippen LogP contribution is -2.54. The highest BCUT2D eigenvalue weighted by atomic mass is 16.5. The number of amides is 2. The normalized spacial score (nSPS) is 30.7. The average molecular weight is 311 g/mol. The van der Waals surface area contributed by atoms with Gasteiger partial charge in [0.05, 0.1) is 30.2 Å². The van der Waals surface area contributed by atoms with E-state index in [1.165, 1.54) is 0 Å². The van der Waals surface area contributed by atoms with E-state index in [1.54, 1.807) is 26.0 Å². The number of carbonyl (C=O) groups is 2. The molecule has 0 radical (unpaired) electrons. The standard InChI is InChI=1S/C16H29N3O3/c1-15(2)11-16(12(22-15)9-13(20)17-3)7-6-8-19(16)10-14(21)18(4)5/h12H,6-11H2,1-5H3,(H,17,20)/t12-,16+/m0/s1. The van der Waals surface area contributed by atoms with Gasteiger partial charge < -0.3 is 15.0 Å². The van der Waals surface area contributed by atoms with Crippen LogP contribution in [0.25, 0.3) is 0 Å². The van der Waals surface area contributed by atoms with Gasteiger partial charge in [-0.25, -0.2) is 0 Å². The number of likely N-dealkylation sites (tertiary alicyclic amines) is 1. The van der Waals surface area contributed by atoms with Crippen molar-refractivity contribution in [2.45, 2.75) is 56.8 Å². The van der Waals surface area contributed by atoms with Gasteiger partial charge in [-0.2, -0.15) is 0 Å². The highest BCUT2D eigenvalue weighted by Gasteiger charge is 2.57. The molecule has 2 heterocycles. The van der Waals surface area contributed by atoms with E-state index in [-0.39, 0.29) is 29.1 Å². The fraction of sp³-hybridized carbons (Fsp3) is 0.875. The van der Waals surface area contributed by atoms with E-state index < -0.39 is 0 Å². The second-order valence-corrected chi connectivity index (χ2v) is 7.34. The summed E-state index contributed by atoms with van der Waals surface area (Å²) in [6, 6.07) is 0. The van der Waals surface area contributed by atoms with Crippen LogP contribution in [0, 0.1) is 0 Å². The molecule has 0 aromatic carbocycles. The van der Waals surface area contributed by atoms with Crippen LogP contribution in [0.5, 0.6) is 0 Å². The SMILES string of the molecule is CNC(=O)C[C@@H]1OC(C)(C)C[C@]12CCCN2CC(=O)N(C)C. The Balaban J connectivity index is 2.22. The minimum atomic E-state index is -0.261. The van der Waals surface area contributed by atoms with Crippen molar-refractivity contribution in [3.05, 3.63) is 0 Å². The molecule has 0 aromatic rings. The van der Waals surface area contributed by atoms with Crippen LogP contribution in [0.3, 0.4) is 0 Å². The van der Waals surface area contributed by atoms with Gasteiger partial charge in [-0.05, 0) is 39.7 Å². The smallest absolute Gasteiger partial charge is 0.236 e. The number of rotatable bonds is 4. The molecule has 0 aliphatic carbocycles. The summed E-state index contributed by atoms with van der Waals surface area (Å²) in [6.07, 6.45) is 3.10. The number of nitrogens with zero attached hydrogens (tertiary/aromatic N) is 2. The third-order valence-electron chi connectivity index (χ3n) is 4.93. The van der Waals surface area contributed by atoms with Crippen LogP contribution in [0.1, 0.15) is 39.5 Å². The van der Waals surface area contributed by atoms with E-state index in [4.69, 9.17) is 4.74 Å². The Morgan fingerprint density at radius 3 is 2.64 bits per heavy atom. The fourth-order valence-electron chi connectivity index (χ4n) is 3.95. The molecule has 1 N–H and O–H groups in total. The number of ether oxygens (including phenoxy) is 1. The van der Waals surface area contributed by atoms with E-state index in [2.05, 4.69) is 24.1 Å². The maximum Gasteiger partial charge on any atom is 0.236 e. The first kappa shape index (κ1) is 17.2.